The minimum absolute atomic E-state index is 0.208. The topological polar surface area (TPSA) is 77.2 Å². The molecule has 96 valence electrons. The van der Waals surface area contributed by atoms with Gasteiger partial charge in [-0.05, 0) is 25.5 Å². The van der Waals surface area contributed by atoms with Gasteiger partial charge in [0.2, 0.25) is 5.88 Å². The molecule has 6 heteroatoms. The lowest BCUT2D eigenvalue weighted by Crippen LogP contribution is -2.18. The highest BCUT2D eigenvalue weighted by atomic mass is 32.2. The van der Waals surface area contributed by atoms with Gasteiger partial charge in [0.1, 0.15) is 5.82 Å². The molecule has 0 aliphatic heterocycles. The quantitative estimate of drug-likeness (QED) is 0.802. The Labute approximate surface area is 104 Å². The highest BCUT2D eigenvalue weighted by molar-refractivity contribution is 7.84. The molecule has 0 aliphatic carbocycles. The van der Waals surface area contributed by atoms with Gasteiger partial charge in [-0.3, -0.25) is 4.21 Å². The number of methoxy groups -OCH3 is 1. The third-order valence-corrected chi connectivity index (χ3v) is 3.13. The molecule has 5 nitrogen and oxygen atoms in total. The van der Waals surface area contributed by atoms with E-state index in [2.05, 4.69) is 10.3 Å². The highest BCUT2D eigenvalue weighted by Crippen LogP contribution is 2.20. The van der Waals surface area contributed by atoms with Crippen molar-refractivity contribution in [1.82, 2.24) is 4.98 Å². The lowest BCUT2D eigenvalue weighted by atomic mass is 10.2. The Balaban J connectivity index is 2.59. The van der Waals surface area contributed by atoms with E-state index in [9.17, 15) is 4.21 Å². The monoisotopic (exact) mass is 257 g/mol. The van der Waals surface area contributed by atoms with Crippen LogP contribution in [0, 0.1) is 0 Å². The van der Waals surface area contributed by atoms with E-state index in [1.54, 1.807) is 18.4 Å². The summed E-state index contributed by atoms with van der Waals surface area (Å²) in [6.45, 7) is 2.03. The zero-order valence-corrected chi connectivity index (χ0v) is 11.2. The van der Waals surface area contributed by atoms with Gasteiger partial charge in [0.25, 0.3) is 0 Å². The Bertz CT molecular complexity index is 398. The van der Waals surface area contributed by atoms with Gasteiger partial charge in [0.05, 0.1) is 12.8 Å². The van der Waals surface area contributed by atoms with E-state index in [0.717, 1.165) is 6.42 Å². The van der Waals surface area contributed by atoms with Crippen LogP contribution >= 0.6 is 0 Å². The van der Waals surface area contributed by atoms with Crippen molar-refractivity contribution in [3.8, 4) is 5.88 Å². The van der Waals surface area contributed by atoms with Crippen molar-refractivity contribution in [2.45, 2.75) is 19.4 Å². The molecule has 0 bridgehead atoms. The number of nitrogens with two attached hydrogens (primary N) is 1. The number of nitrogens with one attached hydrogen (secondary N) is 1. The molecule has 17 heavy (non-hydrogen) atoms. The summed E-state index contributed by atoms with van der Waals surface area (Å²) in [4.78, 5) is 4.22. The summed E-state index contributed by atoms with van der Waals surface area (Å²) in [5.74, 6) is 1.81. The number of rotatable bonds is 6. The molecule has 0 spiro atoms. The normalized spacial score (nSPS) is 14.1. The molecule has 2 unspecified atom stereocenters. The van der Waals surface area contributed by atoms with Crippen molar-refractivity contribution in [3.63, 3.8) is 0 Å². The van der Waals surface area contributed by atoms with Crippen LogP contribution in [0.2, 0.25) is 0 Å². The Morgan fingerprint density at radius 2 is 2.29 bits per heavy atom. The molecule has 1 rings (SSSR count). The van der Waals surface area contributed by atoms with Gasteiger partial charge >= 0.3 is 0 Å². The first kappa shape index (κ1) is 13.8. The van der Waals surface area contributed by atoms with Crippen molar-refractivity contribution in [2.24, 2.45) is 0 Å². The molecule has 0 saturated carbocycles. The molecule has 1 aromatic heterocycles. The molecule has 3 N–H and O–H groups in total. The third-order valence-electron chi connectivity index (χ3n) is 2.32. The van der Waals surface area contributed by atoms with E-state index in [4.69, 9.17) is 10.5 Å². The van der Waals surface area contributed by atoms with E-state index in [-0.39, 0.29) is 6.04 Å². The van der Waals surface area contributed by atoms with E-state index in [0.29, 0.717) is 23.1 Å². The zero-order valence-electron chi connectivity index (χ0n) is 10.4. The first-order valence-electron chi connectivity index (χ1n) is 5.40. The van der Waals surface area contributed by atoms with E-state index in [1.165, 1.54) is 7.11 Å². The van der Waals surface area contributed by atoms with Crippen LogP contribution in [0.4, 0.5) is 11.5 Å². The van der Waals surface area contributed by atoms with Crippen molar-refractivity contribution >= 4 is 22.3 Å². The van der Waals surface area contributed by atoms with Gasteiger partial charge in [-0.15, -0.1) is 0 Å². The van der Waals surface area contributed by atoms with E-state index in [1.807, 2.05) is 6.92 Å². The van der Waals surface area contributed by atoms with Crippen LogP contribution in [-0.2, 0) is 10.8 Å². The predicted molar refractivity (Wildman–Crippen MR) is 71.8 cm³/mol. The van der Waals surface area contributed by atoms with Gasteiger partial charge < -0.3 is 15.8 Å². The van der Waals surface area contributed by atoms with Gasteiger partial charge in [0.15, 0.2) is 0 Å². The Kier molecular flexibility index (Phi) is 5.21. The maximum absolute atomic E-state index is 11.0. The summed E-state index contributed by atoms with van der Waals surface area (Å²) >= 11 is 0. The van der Waals surface area contributed by atoms with E-state index < -0.39 is 10.8 Å². The lowest BCUT2D eigenvalue weighted by Gasteiger charge is -2.14. The predicted octanol–water partition coefficient (Wildman–Crippen LogP) is 1.24. The van der Waals surface area contributed by atoms with Crippen LogP contribution in [0.3, 0.4) is 0 Å². The fourth-order valence-electron chi connectivity index (χ4n) is 1.36. The average molecular weight is 257 g/mol. The van der Waals surface area contributed by atoms with Crippen LogP contribution < -0.4 is 15.8 Å². The summed E-state index contributed by atoms with van der Waals surface area (Å²) < 4.78 is 16.0. The van der Waals surface area contributed by atoms with Crippen LogP contribution in [0.15, 0.2) is 12.1 Å². The first-order chi connectivity index (χ1) is 8.02. The molecule has 1 heterocycles. The molecule has 0 saturated heterocycles. The van der Waals surface area contributed by atoms with Crippen molar-refractivity contribution in [3.05, 3.63) is 12.1 Å². The van der Waals surface area contributed by atoms with Gasteiger partial charge in [-0.1, -0.05) is 0 Å². The fraction of sp³-hybridized carbons (Fsp3) is 0.545. The zero-order chi connectivity index (χ0) is 12.8. The van der Waals surface area contributed by atoms with Crippen LogP contribution in [-0.4, -0.2) is 34.4 Å². The van der Waals surface area contributed by atoms with Crippen molar-refractivity contribution < 1.29 is 8.95 Å². The highest BCUT2D eigenvalue weighted by Gasteiger charge is 2.07. The standard InChI is InChI=1S/C11H19N3O2S/c1-8(6-7-17(3)15)13-10-5-4-9(12)11(14-10)16-2/h4-5,8H,6-7,12H2,1-3H3,(H,13,14). The maximum atomic E-state index is 11.0. The molecule has 0 amide bonds. The van der Waals surface area contributed by atoms with Gasteiger partial charge in [-0.2, -0.15) is 4.98 Å². The number of hydrogen-bond acceptors (Lipinski definition) is 5. The SMILES string of the molecule is COc1nc(NC(C)CCS(C)=O)ccc1N. The minimum Gasteiger partial charge on any atom is -0.479 e. The van der Waals surface area contributed by atoms with Crippen LogP contribution in [0.1, 0.15) is 13.3 Å². The van der Waals surface area contributed by atoms with E-state index >= 15 is 0 Å². The number of aromatic nitrogens is 1. The number of pyridine rings is 1. The molecular formula is C11H19N3O2S. The molecule has 2 atom stereocenters. The summed E-state index contributed by atoms with van der Waals surface area (Å²) in [7, 11) is 0.775. The lowest BCUT2D eigenvalue weighted by molar-refractivity contribution is 0.400. The maximum Gasteiger partial charge on any atom is 0.238 e. The molecule has 0 aromatic carbocycles. The smallest absolute Gasteiger partial charge is 0.238 e. The minimum atomic E-state index is -0.759. The van der Waals surface area contributed by atoms with Crippen molar-refractivity contribution in [1.29, 1.82) is 0 Å². The Morgan fingerprint density at radius 3 is 2.88 bits per heavy atom. The summed E-state index contributed by atoms with van der Waals surface area (Å²) in [6.07, 6.45) is 2.54. The number of anilines is 2. The average Bonchev–Trinajstić information content (AvgIpc) is 2.29. The van der Waals surface area contributed by atoms with Crippen LogP contribution in [0.5, 0.6) is 5.88 Å². The Hall–Kier alpha value is -1.30. The third kappa shape index (κ3) is 4.60. The molecule has 0 fully saturated rings. The summed E-state index contributed by atoms with van der Waals surface area (Å²) in [5.41, 5.74) is 6.19. The number of ether oxygens (including phenoxy) is 1. The largest absolute Gasteiger partial charge is 0.479 e. The van der Waals surface area contributed by atoms with Crippen molar-refractivity contribution in [2.75, 3.05) is 30.2 Å². The Morgan fingerprint density at radius 1 is 1.59 bits per heavy atom. The molecule has 0 aliphatic rings. The van der Waals surface area contributed by atoms with Gasteiger partial charge in [-0.25, -0.2) is 0 Å². The van der Waals surface area contributed by atoms with Crippen LogP contribution in [0.25, 0.3) is 0 Å². The second kappa shape index (κ2) is 6.44. The number of hydrogen-bond donors (Lipinski definition) is 2. The molecular weight excluding hydrogens is 238 g/mol. The molecule has 0 radical (unpaired) electrons. The number of nitrogen functional groups attached to an aromatic ring is 1. The summed E-state index contributed by atoms with van der Waals surface area (Å²) in [5, 5.41) is 3.22. The molecule has 1 aromatic rings. The second-order valence-corrected chi connectivity index (χ2v) is 5.46. The number of nitrogens with zero attached hydrogens (tertiary/aromatic N) is 1. The fourth-order valence-corrected chi connectivity index (χ4v) is 2.05. The summed E-state index contributed by atoms with van der Waals surface area (Å²) in [6, 6.07) is 3.76. The second-order valence-electron chi connectivity index (χ2n) is 3.91. The van der Waals surface area contributed by atoms with Gasteiger partial charge in [0, 0.05) is 28.9 Å². The first-order valence-corrected chi connectivity index (χ1v) is 7.12.